The highest BCUT2D eigenvalue weighted by atomic mass is 35.5. The van der Waals surface area contributed by atoms with Gasteiger partial charge in [0.2, 0.25) is 0 Å². The number of nitrogens with zero attached hydrogens (tertiary/aromatic N) is 1. The lowest BCUT2D eigenvalue weighted by atomic mass is 9.64. The van der Waals surface area contributed by atoms with Crippen LogP contribution in [0.1, 0.15) is 42.5 Å². The third-order valence-corrected chi connectivity index (χ3v) is 8.81. The Morgan fingerprint density at radius 3 is 2.39 bits per heavy atom. The second kappa shape index (κ2) is 8.45. The van der Waals surface area contributed by atoms with Crippen LogP contribution in [0.2, 0.25) is 4.34 Å². The molecule has 1 N–H and O–H groups in total. The highest BCUT2D eigenvalue weighted by molar-refractivity contribution is 7.16. The molecule has 1 aromatic heterocycles. The van der Waals surface area contributed by atoms with Crippen molar-refractivity contribution in [2.45, 2.75) is 43.7 Å². The van der Waals surface area contributed by atoms with E-state index in [9.17, 15) is 13.2 Å². The van der Waals surface area contributed by atoms with Crippen LogP contribution in [0, 0.1) is 5.41 Å². The molecule has 168 valence electrons. The number of benzene rings is 1. The molecule has 0 bridgehead atoms. The average molecular weight is 469 g/mol. The maximum atomic E-state index is 14.3. The molecule has 0 aliphatic carbocycles. The lowest BCUT2D eigenvalue weighted by Crippen LogP contribution is -2.53. The van der Waals surface area contributed by atoms with Gasteiger partial charge in [0.15, 0.2) is 0 Å². The Hall–Kier alpha value is -1.50. The van der Waals surface area contributed by atoms with Crippen molar-refractivity contribution in [3.8, 4) is 0 Å². The van der Waals surface area contributed by atoms with E-state index in [0.29, 0.717) is 19.0 Å². The summed E-state index contributed by atoms with van der Waals surface area (Å²) in [4.78, 5) is 3.14. The van der Waals surface area contributed by atoms with E-state index in [1.165, 1.54) is 11.8 Å². The highest BCUT2D eigenvalue weighted by Crippen LogP contribution is 2.53. The van der Waals surface area contributed by atoms with Crippen molar-refractivity contribution >= 4 is 22.9 Å². The largest absolute Gasteiger partial charge is 0.403 e. The first-order valence-corrected chi connectivity index (χ1v) is 11.9. The van der Waals surface area contributed by atoms with Crippen molar-refractivity contribution in [2.24, 2.45) is 5.41 Å². The zero-order valence-electron chi connectivity index (χ0n) is 17.6. The summed E-state index contributed by atoms with van der Waals surface area (Å²) < 4.78 is 43.7. The summed E-state index contributed by atoms with van der Waals surface area (Å²) in [6.07, 6.45) is -1.68. The van der Waals surface area contributed by atoms with Crippen molar-refractivity contribution in [3.05, 3.63) is 69.5 Å². The molecule has 1 spiro atoms. The van der Waals surface area contributed by atoms with Crippen molar-refractivity contribution in [2.75, 3.05) is 26.2 Å². The molecule has 2 nitrogen and oxygen atoms in total. The van der Waals surface area contributed by atoms with Crippen LogP contribution >= 0.6 is 22.9 Å². The zero-order valence-corrected chi connectivity index (χ0v) is 19.2. The molecule has 2 aliphatic rings. The SMILES string of the molecule is C=C(N1CCC2(CCNCC2c2ccc(Cl)s2)CC1)C(C)(c1ccccc1)C(F)(F)F. The Morgan fingerprint density at radius 2 is 1.81 bits per heavy atom. The normalized spacial score (nSPS) is 23.5. The molecule has 0 saturated carbocycles. The summed E-state index contributed by atoms with van der Waals surface area (Å²) in [5.74, 6) is 0.345. The fourth-order valence-electron chi connectivity index (χ4n) is 5.29. The van der Waals surface area contributed by atoms with E-state index in [1.807, 2.05) is 11.0 Å². The maximum absolute atomic E-state index is 14.3. The minimum absolute atomic E-state index is 0.0948. The third-order valence-electron chi connectivity index (χ3n) is 7.46. The Labute approximate surface area is 191 Å². The van der Waals surface area contributed by atoms with Crippen LogP contribution in [0.3, 0.4) is 0 Å². The van der Waals surface area contributed by atoms with Gasteiger partial charge in [-0.05, 0) is 55.8 Å². The van der Waals surface area contributed by atoms with Crippen molar-refractivity contribution in [3.63, 3.8) is 0 Å². The Kier molecular flexibility index (Phi) is 6.18. The van der Waals surface area contributed by atoms with Crippen LogP contribution in [0.5, 0.6) is 0 Å². The summed E-state index contributed by atoms with van der Waals surface area (Å²) in [5.41, 5.74) is -1.63. The molecule has 7 heteroatoms. The van der Waals surface area contributed by atoms with Gasteiger partial charge in [-0.25, -0.2) is 0 Å². The number of allylic oxidation sites excluding steroid dienone is 1. The number of halogens is 4. The standard InChI is InChI=1S/C24H28ClF3N2S/c1-17(22(2,24(26,27)28)18-6-4-3-5-7-18)30-14-11-23(12-15-30)10-13-29-16-19(23)20-8-9-21(25)31-20/h3-9,19,29H,1,10-16H2,2H3. The van der Waals surface area contributed by atoms with Gasteiger partial charge in [0, 0.05) is 36.1 Å². The molecule has 1 aromatic carbocycles. The molecule has 2 aromatic rings. The Balaban J connectivity index is 1.56. The summed E-state index contributed by atoms with van der Waals surface area (Å²) in [6, 6.07) is 12.2. The van der Waals surface area contributed by atoms with Gasteiger partial charge in [-0.2, -0.15) is 13.2 Å². The number of likely N-dealkylation sites (tertiary alicyclic amines) is 1. The van der Waals surface area contributed by atoms with E-state index >= 15 is 0 Å². The number of rotatable bonds is 4. The van der Waals surface area contributed by atoms with Crippen LogP contribution in [0.15, 0.2) is 54.7 Å². The highest BCUT2D eigenvalue weighted by Gasteiger charge is 2.56. The first-order valence-electron chi connectivity index (χ1n) is 10.7. The average Bonchev–Trinajstić information content (AvgIpc) is 3.19. The van der Waals surface area contributed by atoms with Gasteiger partial charge in [-0.3, -0.25) is 0 Å². The first kappa shape index (κ1) is 22.7. The number of hydrogen-bond acceptors (Lipinski definition) is 3. The van der Waals surface area contributed by atoms with Crippen LogP contribution in [-0.2, 0) is 5.41 Å². The third kappa shape index (κ3) is 4.03. The second-order valence-electron chi connectivity index (χ2n) is 8.93. The Bertz CT molecular complexity index is 918. The lowest BCUT2D eigenvalue weighted by Gasteiger charge is -2.51. The second-order valence-corrected chi connectivity index (χ2v) is 10.7. The van der Waals surface area contributed by atoms with Gasteiger partial charge in [0.05, 0.1) is 4.34 Å². The molecular formula is C24H28ClF3N2S. The van der Waals surface area contributed by atoms with Crippen molar-refractivity contribution < 1.29 is 13.2 Å². The van der Waals surface area contributed by atoms with Gasteiger partial charge in [0.25, 0.3) is 0 Å². The molecule has 2 atom stereocenters. The molecule has 4 rings (SSSR count). The van der Waals surface area contributed by atoms with E-state index < -0.39 is 11.6 Å². The van der Waals surface area contributed by atoms with Crippen LogP contribution in [0.4, 0.5) is 13.2 Å². The van der Waals surface area contributed by atoms with Gasteiger partial charge in [-0.1, -0.05) is 48.5 Å². The quantitative estimate of drug-likeness (QED) is 0.544. The van der Waals surface area contributed by atoms with Crippen LogP contribution < -0.4 is 5.32 Å². The minimum atomic E-state index is -4.43. The number of thiophene rings is 1. The maximum Gasteiger partial charge on any atom is 0.403 e. The lowest BCUT2D eigenvalue weighted by molar-refractivity contribution is -0.180. The minimum Gasteiger partial charge on any atom is -0.374 e. The van der Waals surface area contributed by atoms with Gasteiger partial charge in [0.1, 0.15) is 5.41 Å². The summed E-state index contributed by atoms with van der Waals surface area (Å²) in [7, 11) is 0. The molecule has 2 saturated heterocycles. The first-order chi connectivity index (χ1) is 14.7. The predicted molar refractivity (Wildman–Crippen MR) is 122 cm³/mol. The number of alkyl halides is 3. The van der Waals surface area contributed by atoms with Crippen molar-refractivity contribution in [1.29, 1.82) is 0 Å². The van der Waals surface area contributed by atoms with Crippen molar-refractivity contribution in [1.82, 2.24) is 10.2 Å². The van der Waals surface area contributed by atoms with E-state index in [4.69, 9.17) is 11.6 Å². The number of hydrogen-bond donors (Lipinski definition) is 1. The number of nitrogens with one attached hydrogen (secondary N) is 1. The molecule has 2 unspecified atom stereocenters. The van der Waals surface area contributed by atoms with Crippen LogP contribution in [0.25, 0.3) is 0 Å². The molecule has 2 aliphatic heterocycles. The fourth-order valence-corrected chi connectivity index (χ4v) is 6.60. The molecule has 2 fully saturated rings. The monoisotopic (exact) mass is 468 g/mol. The predicted octanol–water partition coefficient (Wildman–Crippen LogP) is 6.59. The van der Waals surface area contributed by atoms with Crippen LogP contribution in [-0.4, -0.2) is 37.3 Å². The van der Waals surface area contributed by atoms with Gasteiger partial charge in [-0.15, -0.1) is 11.3 Å². The summed E-state index contributed by atoms with van der Waals surface area (Å²) in [5, 5.41) is 3.50. The molecule has 0 amide bonds. The van der Waals surface area contributed by atoms with E-state index in [1.54, 1.807) is 41.7 Å². The fraction of sp³-hybridized carbons (Fsp3) is 0.500. The van der Waals surface area contributed by atoms with E-state index in [-0.39, 0.29) is 16.7 Å². The Morgan fingerprint density at radius 1 is 1.13 bits per heavy atom. The summed E-state index contributed by atoms with van der Waals surface area (Å²) >= 11 is 7.81. The topological polar surface area (TPSA) is 15.3 Å². The summed E-state index contributed by atoms with van der Waals surface area (Å²) in [6.45, 7) is 8.26. The molecule has 3 heterocycles. The molecular weight excluding hydrogens is 441 g/mol. The zero-order chi connectivity index (χ0) is 22.3. The van der Waals surface area contributed by atoms with E-state index in [0.717, 1.165) is 36.7 Å². The van der Waals surface area contributed by atoms with Gasteiger partial charge >= 0.3 is 6.18 Å². The molecule has 0 radical (unpaired) electrons. The molecule has 31 heavy (non-hydrogen) atoms. The smallest absolute Gasteiger partial charge is 0.374 e. The van der Waals surface area contributed by atoms with Gasteiger partial charge < -0.3 is 10.2 Å². The van der Waals surface area contributed by atoms with E-state index in [2.05, 4.69) is 18.0 Å². The number of piperidine rings is 2.